The molecule has 4 bridgehead atoms. The van der Waals surface area contributed by atoms with Gasteiger partial charge in [0.1, 0.15) is 0 Å². The van der Waals surface area contributed by atoms with Crippen molar-refractivity contribution in [1.29, 1.82) is 0 Å². The number of methoxy groups -OCH3 is 1. The highest BCUT2D eigenvalue weighted by Crippen LogP contribution is 2.46. The Morgan fingerprint density at radius 1 is 1.07 bits per heavy atom. The van der Waals surface area contributed by atoms with E-state index < -0.39 is 0 Å². The van der Waals surface area contributed by atoms with Crippen molar-refractivity contribution in [2.24, 2.45) is 23.7 Å². The zero-order chi connectivity index (χ0) is 31.5. The molecule has 0 saturated carbocycles. The van der Waals surface area contributed by atoms with Crippen LogP contribution < -0.4 is 5.32 Å². The number of aliphatic hydroxyl groups excluding tert-OH is 1. The highest BCUT2D eigenvalue weighted by atomic mass is 16.5. The summed E-state index contributed by atoms with van der Waals surface area (Å²) in [5.41, 5.74) is 10.3. The monoisotopic (exact) mass is 620 g/mol. The number of aryl methyl sites for hydroxylation is 1. The summed E-state index contributed by atoms with van der Waals surface area (Å²) in [6.45, 7) is 8.18. The van der Waals surface area contributed by atoms with Crippen LogP contribution in [0.1, 0.15) is 67.1 Å². The standard InChI is InChI=1S/C39H48N4O3/c1-4-22-19-40-35-18-31-26-8-6-7-9-32(26)42-37(31)30(17-29(22)36(35)39(45)46-3)24-10-12-27-28-14-15-43-20-23(5-2)38(44)25(21-43)11-13-33(28)41-34(27)16-24/h4,6-10,12,16,23,25,29-30,35-36,38,40-42,44H,5,11,13-15,17-21H2,1-3H3. The number of carbonyl (C=O) groups excluding carboxylic acids is 1. The minimum atomic E-state index is -0.232. The third-order valence-electron chi connectivity index (χ3n) is 12.2. The highest BCUT2D eigenvalue weighted by molar-refractivity contribution is 5.87. The van der Waals surface area contributed by atoms with Crippen molar-refractivity contribution in [3.05, 3.63) is 82.2 Å². The van der Waals surface area contributed by atoms with E-state index in [-0.39, 0.29) is 35.9 Å². The van der Waals surface area contributed by atoms with Gasteiger partial charge in [-0.05, 0) is 92.0 Å². The van der Waals surface area contributed by atoms with Gasteiger partial charge < -0.3 is 30.0 Å². The van der Waals surface area contributed by atoms with E-state index in [0.717, 1.165) is 70.2 Å². The average Bonchev–Trinajstić information content (AvgIpc) is 3.63. The van der Waals surface area contributed by atoms with Crippen LogP contribution in [0.4, 0.5) is 0 Å². The van der Waals surface area contributed by atoms with Crippen LogP contribution in [0.3, 0.4) is 0 Å². The summed E-state index contributed by atoms with van der Waals surface area (Å²) in [6, 6.07) is 15.7. The number of ether oxygens (including phenoxy) is 1. The van der Waals surface area contributed by atoms with Gasteiger partial charge in [-0.15, -0.1) is 0 Å². The fraction of sp³-hybridized carbons (Fsp3) is 0.513. The second-order valence-electron chi connectivity index (χ2n) is 14.4. The normalized spacial score (nSPS) is 32.1. The van der Waals surface area contributed by atoms with Crippen molar-refractivity contribution in [1.82, 2.24) is 20.2 Å². The molecule has 3 aliphatic heterocycles. The molecule has 4 aliphatic rings. The second-order valence-corrected chi connectivity index (χ2v) is 14.4. The van der Waals surface area contributed by atoms with Crippen LogP contribution in [0.25, 0.3) is 21.8 Å². The lowest BCUT2D eigenvalue weighted by Crippen LogP contribution is -2.53. The van der Waals surface area contributed by atoms with Gasteiger partial charge in [-0.25, -0.2) is 0 Å². The van der Waals surface area contributed by atoms with Gasteiger partial charge in [0.05, 0.1) is 19.1 Å². The second kappa shape index (κ2) is 12.0. The van der Waals surface area contributed by atoms with Crippen molar-refractivity contribution in [3.8, 4) is 0 Å². The number of aromatic nitrogens is 2. The Bertz CT molecular complexity index is 1800. The summed E-state index contributed by atoms with van der Waals surface area (Å²) in [6.07, 6.45) is 7.69. The fourth-order valence-electron chi connectivity index (χ4n) is 9.73. The lowest BCUT2D eigenvalue weighted by molar-refractivity contribution is -0.149. The first-order valence-corrected chi connectivity index (χ1v) is 17.6. The first kappa shape index (κ1) is 30.0. The summed E-state index contributed by atoms with van der Waals surface area (Å²) >= 11 is 0. The van der Waals surface area contributed by atoms with Gasteiger partial charge in [0, 0.05) is 71.3 Å². The predicted octanol–water partition coefficient (Wildman–Crippen LogP) is 5.86. The summed E-state index contributed by atoms with van der Waals surface area (Å²) in [5, 5.41) is 17.4. The number of carbonyl (C=O) groups is 1. The van der Waals surface area contributed by atoms with Crippen molar-refractivity contribution < 1.29 is 14.6 Å². The van der Waals surface area contributed by atoms with Crippen molar-refractivity contribution in [2.75, 3.05) is 33.3 Å². The van der Waals surface area contributed by atoms with Gasteiger partial charge in [0.25, 0.3) is 0 Å². The molecule has 46 heavy (non-hydrogen) atoms. The molecule has 8 unspecified atom stereocenters. The molecule has 2 aromatic carbocycles. The first-order valence-electron chi connectivity index (χ1n) is 17.6. The summed E-state index contributed by atoms with van der Waals surface area (Å²) in [5.74, 6) is 0.575. The molecule has 0 spiro atoms. The van der Waals surface area contributed by atoms with Crippen molar-refractivity contribution >= 4 is 27.8 Å². The molecule has 8 atom stereocenters. The number of esters is 1. The zero-order valence-electron chi connectivity index (χ0n) is 27.4. The molecular formula is C39H48N4O3. The number of H-pyrrole nitrogens is 2. The molecule has 8 rings (SSSR count). The van der Waals surface area contributed by atoms with Crippen LogP contribution in [0.5, 0.6) is 0 Å². The molecule has 2 saturated heterocycles. The van der Waals surface area contributed by atoms with Gasteiger partial charge in [-0.2, -0.15) is 0 Å². The number of hydrogen-bond donors (Lipinski definition) is 4. The Hall–Kier alpha value is -3.39. The maximum Gasteiger partial charge on any atom is 0.310 e. The number of fused-ring (bicyclic) bond motifs is 10. The van der Waals surface area contributed by atoms with Crippen LogP contribution in [-0.2, 0) is 28.8 Å². The maximum absolute atomic E-state index is 13.4. The van der Waals surface area contributed by atoms with Crippen LogP contribution in [0.2, 0.25) is 0 Å². The van der Waals surface area contributed by atoms with Gasteiger partial charge in [-0.3, -0.25) is 4.79 Å². The SMILES string of the molecule is CC=C1CNC2Cc3c([nH]c4ccccc34)C(c3ccc4c5c([nH]c4c3)CCC3CN(CC5)CC(CC)C3O)CC1C2C(=O)OC. The maximum atomic E-state index is 13.4. The first-order chi connectivity index (χ1) is 22.5. The Labute approximate surface area is 271 Å². The molecule has 2 fully saturated rings. The number of piperidine rings is 2. The molecule has 4 aromatic rings. The van der Waals surface area contributed by atoms with Gasteiger partial charge in [0.15, 0.2) is 0 Å². The number of aliphatic hydroxyl groups is 1. The fourth-order valence-corrected chi connectivity index (χ4v) is 9.73. The van der Waals surface area contributed by atoms with Crippen LogP contribution in [0, 0.1) is 23.7 Å². The molecule has 5 heterocycles. The minimum absolute atomic E-state index is 0.0241. The van der Waals surface area contributed by atoms with Crippen LogP contribution >= 0.6 is 0 Å². The molecule has 0 radical (unpaired) electrons. The molecule has 7 heteroatoms. The van der Waals surface area contributed by atoms with E-state index >= 15 is 0 Å². The van der Waals surface area contributed by atoms with Gasteiger partial charge in [-0.1, -0.05) is 48.9 Å². The van der Waals surface area contributed by atoms with E-state index in [0.29, 0.717) is 11.8 Å². The third kappa shape index (κ3) is 4.94. The number of nitrogens with one attached hydrogen (secondary N) is 3. The molecule has 0 amide bonds. The number of allylic oxidation sites excluding steroid dienone is 1. The number of hydrogen-bond acceptors (Lipinski definition) is 5. The largest absolute Gasteiger partial charge is 0.469 e. The molecule has 4 N–H and O–H groups in total. The zero-order valence-corrected chi connectivity index (χ0v) is 27.4. The minimum Gasteiger partial charge on any atom is -0.469 e. The number of para-hydroxylation sites is 1. The smallest absolute Gasteiger partial charge is 0.310 e. The molecular weight excluding hydrogens is 572 g/mol. The summed E-state index contributed by atoms with van der Waals surface area (Å²) in [7, 11) is 1.53. The Morgan fingerprint density at radius 3 is 2.74 bits per heavy atom. The summed E-state index contributed by atoms with van der Waals surface area (Å²) < 4.78 is 5.45. The topological polar surface area (TPSA) is 93.4 Å². The quantitative estimate of drug-likeness (QED) is 0.170. The molecule has 1 aliphatic carbocycles. The van der Waals surface area contributed by atoms with Crippen molar-refractivity contribution in [2.45, 2.75) is 70.4 Å². The van der Waals surface area contributed by atoms with E-state index in [1.807, 2.05) is 0 Å². The molecule has 7 nitrogen and oxygen atoms in total. The van der Waals surface area contributed by atoms with E-state index in [1.54, 1.807) is 0 Å². The average molecular weight is 621 g/mol. The highest BCUT2D eigenvalue weighted by Gasteiger charge is 2.45. The van der Waals surface area contributed by atoms with E-state index in [1.165, 1.54) is 57.1 Å². The van der Waals surface area contributed by atoms with E-state index in [9.17, 15) is 9.90 Å². The number of benzene rings is 2. The van der Waals surface area contributed by atoms with Crippen molar-refractivity contribution in [3.63, 3.8) is 0 Å². The third-order valence-corrected chi connectivity index (χ3v) is 12.2. The van der Waals surface area contributed by atoms with Crippen LogP contribution in [0.15, 0.2) is 54.1 Å². The Morgan fingerprint density at radius 2 is 1.91 bits per heavy atom. The lowest BCUT2D eigenvalue weighted by atomic mass is 9.68. The molecule has 242 valence electrons. The Kier molecular flexibility index (Phi) is 7.82. The van der Waals surface area contributed by atoms with Gasteiger partial charge in [0.2, 0.25) is 0 Å². The number of nitrogens with zero attached hydrogens (tertiary/aromatic N) is 1. The Balaban J connectivity index is 1.22. The van der Waals surface area contributed by atoms with Gasteiger partial charge >= 0.3 is 5.97 Å². The van der Waals surface area contributed by atoms with E-state index in [4.69, 9.17) is 4.74 Å². The number of rotatable bonds is 3. The van der Waals surface area contributed by atoms with Crippen LogP contribution in [-0.4, -0.2) is 71.4 Å². The predicted molar refractivity (Wildman–Crippen MR) is 183 cm³/mol. The van der Waals surface area contributed by atoms with E-state index in [2.05, 4.69) is 82.6 Å². The molecule has 2 aromatic heterocycles. The lowest BCUT2D eigenvalue weighted by Gasteiger charge is -2.42. The number of aromatic amines is 2. The summed E-state index contributed by atoms with van der Waals surface area (Å²) in [4.78, 5) is 23.8.